The van der Waals surface area contributed by atoms with Gasteiger partial charge in [-0.3, -0.25) is 23.9 Å². The van der Waals surface area contributed by atoms with Gasteiger partial charge in [-0.25, -0.2) is 14.3 Å². The fourth-order valence-electron chi connectivity index (χ4n) is 3.30. The molecule has 2 aliphatic heterocycles. The quantitative estimate of drug-likeness (QED) is 0.0449. The van der Waals surface area contributed by atoms with Crippen molar-refractivity contribution in [2.75, 3.05) is 17.2 Å². The number of carboxylic acids is 1. The van der Waals surface area contributed by atoms with Crippen LogP contribution in [0.15, 0.2) is 21.6 Å². The van der Waals surface area contributed by atoms with Crippen molar-refractivity contribution >= 4 is 79.9 Å². The van der Waals surface area contributed by atoms with Gasteiger partial charge in [-0.2, -0.15) is 17.8 Å². The summed E-state index contributed by atoms with van der Waals surface area (Å²) in [5, 5.41) is 25.1. The first-order chi connectivity index (χ1) is 18.4. The number of nitrogens with one attached hydrogen (secondary N) is 1. The molecule has 2 atom stereocenters. The third-order valence-electron chi connectivity index (χ3n) is 4.79. The van der Waals surface area contributed by atoms with Crippen LogP contribution in [0.4, 0.5) is 9.93 Å². The maximum absolute atomic E-state index is 12.9. The molecule has 20 nitrogen and oxygen atoms in total. The standard InChI is InChI=1S/C15H15N11O9S4/c16-13-19-8(22-38-13)5(21-35-14(17)31)9(27)18-6-10(28)26-7(12(29)30)4(1-36-11(6)26)2-37-15-20-23-24-25(15)3-39(32,33)34/h6,11H,1-3H2,(H2,17,31)(H,18,27)(H,29,30)(H2,16,19,22)(H,32,33,34)/b21-5+/t6-,11-/m1/s1. The zero-order valence-corrected chi connectivity index (χ0v) is 22.2. The lowest BCUT2D eigenvalue weighted by Crippen LogP contribution is -2.71. The van der Waals surface area contributed by atoms with Gasteiger partial charge in [0.05, 0.1) is 0 Å². The number of carbonyl (C=O) groups is 4. The molecule has 2 aromatic rings. The number of aromatic nitrogens is 6. The fourth-order valence-corrected chi connectivity index (χ4v) is 6.66. The van der Waals surface area contributed by atoms with E-state index in [9.17, 15) is 32.7 Å². The first kappa shape index (κ1) is 28.1. The molecule has 1 saturated heterocycles. The Morgan fingerprint density at radius 3 is 2.69 bits per heavy atom. The fraction of sp³-hybridized carbons (Fsp3) is 0.333. The molecule has 4 heterocycles. The molecular formula is C15H15N11O9S4. The Labute approximate surface area is 229 Å². The van der Waals surface area contributed by atoms with Crippen molar-refractivity contribution in [3.63, 3.8) is 0 Å². The van der Waals surface area contributed by atoms with Gasteiger partial charge in [0, 0.05) is 23.0 Å². The topological polar surface area (TPSA) is 301 Å². The molecule has 1 fully saturated rings. The second kappa shape index (κ2) is 11.1. The van der Waals surface area contributed by atoms with Gasteiger partial charge in [0.15, 0.2) is 11.0 Å². The average molecular weight is 622 g/mol. The number of hydrogen-bond acceptors (Lipinski definition) is 17. The van der Waals surface area contributed by atoms with Crippen LogP contribution in [0.25, 0.3) is 0 Å². The maximum atomic E-state index is 12.9. The van der Waals surface area contributed by atoms with Crippen LogP contribution in [-0.4, -0.2) is 105 Å². The highest BCUT2D eigenvalue weighted by Crippen LogP contribution is 2.41. The van der Waals surface area contributed by atoms with E-state index in [1.54, 1.807) is 0 Å². The minimum absolute atomic E-state index is 0.0154. The van der Waals surface area contributed by atoms with Gasteiger partial charge in [-0.15, -0.1) is 16.9 Å². The van der Waals surface area contributed by atoms with Crippen molar-refractivity contribution in [2.24, 2.45) is 10.9 Å². The van der Waals surface area contributed by atoms with Crippen molar-refractivity contribution in [3.05, 3.63) is 17.1 Å². The summed E-state index contributed by atoms with van der Waals surface area (Å²) in [5.74, 6) is -4.30. The summed E-state index contributed by atoms with van der Waals surface area (Å²) in [6, 6.07) is -1.18. The molecule has 3 amide bonds. The predicted molar refractivity (Wildman–Crippen MR) is 131 cm³/mol. The van der Waals surface area contributed by atoms with E-state index in [4.69, 9.17) is 16.0 Å². The number of carboxylic acid groups (broad SMARTS) is 1. The third kappa shape index (κ3) is 6.24. The zero-order valence-electron chi connectivity index (χ0n) is 18.9. The summed E-state index contributed by atoms with van der Waals surface area (Å²) < 4.78 is 35.9. The Kier molecular flexibility index (Phi) is 8.00. The van der Waals surface area contributed by atoms with Crippen molar-refractivity contribution in [3.8, 4) is 0 Å². The van der Waals surface area contributed by atoms with Gasteiger partial charge in [-0.05, 0) is 16.0 Å². The number of carbonyl (C=O) groups excluding carboxylic acids is 3. The highest BCUT2D eigenvalue weighted by Gasteiger charge is 2.54. The number of nitrogens with zero attached hydrogens (tertiary/aromatic N) is 8. The number of tetrazole rings is 1. The number of rotatable bonds is 10. The molecule has 0 bridgehead atoms. The highest BCUT2D eigenvalue weighted by molar-refractivity contribution is 8.01. The number of nitrogen functional groups attached to an aromatic ring is 1. The third-order valence-corrected chi connectivity index (χ3v) is 8.29. The monoisotopic (exact) mass is 621 g/mol. The molecule has 24 heteroatoms. The lowest BCUT2D eigenvalue weighted by Gasteiger charge is -2.49. The number of thioether (sulfide) groups is 2. The maximum Gasteiger partial charge on any atom is 0.430 e. The molecule has 0 unspecified atom stereocenters. The summed E-state index contributed by atoms with van der Waals surface area (Å²) in [4.78, 5) is 57.9. The van der Waals surface area contributed by atoms with E-state index in [1.807, 2.05) is 0 Å². The van der Waals surface area contributed by atoms with E-state index < -0.39 is 57.0 Å². The number of amides is 3. The molecule has 2 aromatic heterocycles. The smallest absolute Gasteiger partial charge is 0.430 e. The summed E-state index contributed by atoms with van der Waals surface area (Å²) in [6.45, 7) is 0. The number of primary amides is 1. The molecule has 0 aliphatic carbocycles. The van der Waals surface area contributed by atoms with Gasteiger partial charge < -0.3 is 21.9 Å². The number of oxime groups is 1. The van der Waals surface area contributed by atoms with Crippen LogP contribution in [0.3, 0.4) is 0 Å². The van der Waals surface area contributed by atoms with Gasteiger partial charge in [0.2, 0.25) is 16.7 Å². The van der Waals surface area contributed by atoms with E-state index in [-0.39, 0.29) is 33.3 Å². The Hall–Kier alpha value is -3.87. The second-order valence-corrected chi connectivity index (χ2v) is 11.6. The van der Waals surface area contributed by atoms with Gasteiger partial charge >= 0.3 is 12.1 Å². The number of hydrogen-bond donors (Lipinski definition) is 5. The Morgan fingerprint density at radius 1 is 1.33 bits per heavy atom. The Balaban J connectivity index is 1.50. The van der Waals surface area contributed by atoms with Crippen molar-refractivity contribution in [2.45, 2.75) is 22.4 Å². The summed E-state index contributed by atoms with van der Waals surface area (Å²) in [7, 11) is -4.44. The minimum Gasteiger partial charge on any atom is -0.477 e. The average Bonchev–Trinajstić information content (AvgIpc) is 3.47. The van der Waals surface area contributed by atoms with Crippen LogP contribution in [-0.2, 0) is 35.2 Å². The summed E-state index contributed by atoms with van der Waals surface area (Å²) in [6.07, 6.45) is -1.33. The molecule has 0 saturated carbocycles. The number of β-lactam (4-membered cyclic amide) rings is 1. The molecule has 0 aromatic carbocycles. The Morgan fingerprint density at radius 2 is 2.08 bits per heavy atom. The van der Waals surface area contributed by atoms with Crippen molar-refractivity contribution in [1.29, 1.82) is 0 Å². The van der Waals surface area contributed by atoms with E-state index in [1.165, 1.54) is 0 Å². The van der Waals surface area contributed by atoms with E-state index in [0.717, 1.165) is 44.6 Å². The summed E-state index contributed by atoms with van der Waals surface area (Å²) >= 11 is 2.76. The molecule has 4 rings (SSSR count). The van der Waals surface area contributed by atoms with Crippen LogP contribution in [0.2, 0.25) is 0 Å². The molecule has 0 radical (unpaired) electrons. The van der Waals surface area contributed by atoms with Crippen LogP contribution < -0.4 is 16.8 Å². The lowest BCUT2D eigenvalue weighted by atomic mass is 10.0. The zero-order chi connectivity index (χ0) is 28.5. The van der Waals surface area contributed by atoms with Gasteiger partial charge in [0.1, 0.15) is 17.1 Å². The van der Waals surface area contributed by atoms with Crippen LogP contribution in [0.1, 0.15) is 5.82 Å². The van der Waals surface area contributed by atoms with E-state index >= 15 is 0 Å². The first-order valence-corrected chi connectivity index (χ1v) is 14.5. The largest absolute Gasteiger partial charge is 0.477 e. The molecule has 2 aliphatic rings. The normalized spacial score (nSPS) is 19.4. The summed E-state index contributed by atoms with van der Waals surface area (Å²) in [5.41, 5.74) is 9.78. The van der Waals surface area contributed by atoms with E-state index in [2.05, 4.69) is 40.2 Å². The Bertz CT molecular complexity index is 1520. The minimum atomic E-state index is -4.44. The number of anilines is 1. The SMILES string of the molecule is NC(=O)O/N=C(/C(=O)N[C@@H]1C(=O)N2C(C(=O)O)=C(CSc3nnnn3CS(=O)(=O)O)CS[C@H]12)c1nsc(N)n1. The molecule has 39 heavy (non-hydrogen) atoms. The molecule has 7 N–H and O–H groups in total. The molecule has 0 spiro atoms. The number of aliphatic carboxylic acids is 1. The van der Waals surface area contributed by atoms with Crippen molar-refractivity contribution < 1.29 is 42.1 Å². The van der Waals surface area contributed by atoms with Crippen LogP contribution >= 0.6 is 35.1 Å². The first-order valence-electron chi connectivity index (χ1n) is 10.0. The predicted octanol–water partition coefficient (Wildman–Crippen LogP) is -2.72. The van der Waals surface area contributed by atoms with E-state index in [0.29, 0.717) is 5.57 Å². The molecular weight excluding hydrogens is 607 g/mol. The second-order valence-electron chi connectivity index (χ2n) is 7.39. The van der Waals surface area contributed by atoms with Crippen molar-refractivity contribution in [1.82, 2.24) is 39.8 Å². The van der Waals surface area contributed by atoms with Crippen LogP contribution in [0, 0.1) is 0 Å². The highest BCUT2D eigenvalue weighted by atomic mass is 32.2. The van der Waals surface area contributed by atoms with Gasteiger partial charge in [-0.1, -0.05) is 16.9 Å². The lowest BCUT2D eigenvalue weighted by molar-refractivity contribution is -0.150. The number of nitrogens with two attached hydrogens (primary N) is 2. The van der Waals surface area contributed by atoms with Crippen LogP contribution in [0.5, 0.6) is 0 Å². The molecule has 208 valence electrons. The number of fused-ring (bicyclic) bond motifs is 1. The van der Waals surface area contributed by atoms with Gasteiger partial charge in [0.25, 0.3) is 21.9 Å².